The van der Waals surface area contributed by atoms with Crippen LogP contribution in [0.15, 0.2) is 35.3 Å². The van der Waals surface area contributed by atoms with Gasteiger partial charge < -0.3 is 9.67 Å². The van der Waals surface area contributed by atoms with E-state index < -0.39 is 12.0 Å². The van der Waals surface area contributed by atoms with Crippen LogP contribution in [-0.4, -0.2) is 15.6 Å². The number of rotatable bonds is 3. The number of carbonyl (C=O) groups is 1. The Balaban J connectivity index is 2.71. The van der Waals surface area contributed by atoms with Gasteiger partial charge in [-0.2, -0.15) is 0 Å². The highest BCUT2D eigenvalue weighted by atomic mass is 35.5. The smallest absolute Gasteiger partial charge is 0.326 e. The van der Waals surface area contributed by atoms with E-state index in [1.165, 1.54) is 10.8 Å². The Morgan fingerprint density at radius 1 is 1.44 bits per heavy atom. The van der Waals surface area contributed by atoms with E-state index in [0.29, 0.717) is 16.8 Å². The van der Waals surface area contributed by atoms with E-state index in [4.69, 9.17) is 16.7 Å². The molecule has 0 saturated carbocycles. The summed E-state index contributed by atoms with van der Waals surface area (Å²) in [4.78, 5) is 23.3. The molecule has 94 valence electrons. The molecule has 5 heteroatoms. The van der Waals surface area contributed by atoms with Crippen LogP contribution < -0.4 is 5.56 Å². The Morgan fingerprint density at radius 2 is 2.17 bits per heavy atom. The first kappa shape index (κ1) is 12.6. The molecule has 1 N–H and O–H groups in total. The third kappa shape index (κ3) is 2.11. The molecule has 0 radical (unpaired) electrons. The predicted molar refractivity (Wildman–Crippen MR) is 70.2 cm³/mol. The number of hydrogen-bond acceptors (Lipinski definition) is 2. The molecule has 0 spiro atoms. The standard InChI is InChI=1S/C13H12ClNO3/c1-2-11(13(17)18)15-6-5-8-3-4-9(14)7-10(8)12(15)16/h3-7,11H,2H2,1H3,(H,17,18)/t11-/m1/s1. The monoisotopic (exact) mass is 265 g/mol. The van der Waals surface area contributed by atoms with Crippen LogP contribution in [0.5, 0.6) is 0 Å². The number of halogens is 1. The second-order valence-electron chi connectivity index (χ2n) is 4.02. The van der Waals surface area contributed by atoms with Gasteiger partial charge in [0, 0.05) is 16.6 Å². The number of hydrogen-bond donors (Lipinski definition) is 1. The minimum atomic E-state index is -1.01. The van der Waals surface area contributed by atoms with Gasteiger partial charge in [0.2, 0.25) is 0 Å². The molecule has 18 heavy (non-hydrogen) atoms. The number of nitrogens with zero attached hydrogens (tertiary/aromatic N) is 1. The molecule has 0 unspecified atom stereocenters. The highest BCUT2D eigenvalue weighted by Gasteiger charge is 2.18. The van der Waals surface area contributed by atoms with E-state index in [9.17, 15) is 9.59 Å². The van der Waals surface area contributed by atoms with E-state index in [1.807, 2.05) is 0 Å². The fourth-order valence-corrected chi connectivity index (χ4v) is 2.13. The molecule has 0 aliphatic heterocycles. The summed E-state index contributed by atoms with van der Waals surface area (Å²) >= 11 is 5.85. The summed E-state index contributed by atoms with van der Waals surface area (Å²) in [6, 6.07) is 5.87. The molecular formula is C13H12ClNO3. The lowest BCUT2D eigenvalue weighted by Crippen LogP contribution is -2.29. The van der Waals surface area contributed by atoms with Gasteiger partial charge >= 0.3 is 5.97 Å². The Morgan fingerprint density at radius 3 is 2.78 bits per heavy atom. The molecule has 1 atom stereocenters. The second kappa shape index (κ2) is 4.82. The van der Waals surface area contributed by atoms with Crippen molar-refractivity contribution in [1.29, 1.82) is 0 Å². The molecule has 2 aromatic rings. The van der Waals surface area contributed by atoms with Crippen LogP contribution in [0.25, 0.3) is 10.8 Å². The average Bonchev–Trinajstić information content (AvgIpc) is 2.33. The van der Waals surface area contributed by atoms with Gasteiger partial charge in [-0.15, -0.1) is 0 Å². The van der Waals surface area contributed by atoms with E-state index in [2.05, 4.69) is 0 Å². The fraction of sp³-hybridized carbons (Fsp3) is 0.231. The van der Waals surface area contributed by atoms with Gasteiger partial charge in [0.05, 0.1) is 0 Å². The third-order valence-electron chi connectivity index (χ3n) is 2.90. The number of aromatic nitrogens is 1. The lowest BCUT2D eigenvalue weighted by Gasteiger charge is -2.14. The molecule has 0 amide bonds. The lowest BCUT2D eigenvalue weighted by atomic mass is 10.1. The van der Waals surface area contributed by atoms with E-state index in [0.717, 1.165) is 5.39 Å². The summed E-state index contributed by atoms with van der Waals surface area (Å²) in [6.07, 6.45) is 1.86. The molecule has 0 bridgehead atoms. The number of carboxylic acids is 1. The first-order chi connectivity index (χ1) is 8.54. The maximum atomic E-state index is 12.2. The van der Waals surface area contributed by atoms with Gasteiger partial charge in [-0.25, -0.2) is 4.79 Å². The van der Waals surface area contributed by atoms with Gasteiger partial charge in [-0.05, 0) is 30.0 Å². The highest BCUT2D eigenvalue weighted by Crippen LogP contribution is 2.18. The van der Waals surface area contributed by atoms with Crippen LogP contribution in [0.2, 0.25) is 5.02 Å². The van der Waals surface area contributed by atoms with Crippen molar-refractivity contribution in [3.63, 3.8) is 0 Å². The Hall–Kier alpha value is -1.81. The minimum absolute atomic E-state index is 0.329. The maximum Gasteiger partial charge on any atom is 0.326 e. The highest BCUT2D eigenvalue weighted by molar-refractivity contribution is 6.31. The van der Waals surface area contributed by atoms with Crippen molar-refractivity contribution in [3.05, 3.63) is 45.8 Å². The van der Waals surface area contributed by atoms with Gasteiger partial charge in [0.15, 0.2) is 0 Å². The van der Waals surface area contributed by atoms with Crippen molar-refractivity contribution in [2.24, 2.45) is 0 Å². The lowest BCUT2D eigenvalue weighted by molar-refractivity contribution is -0.141. The van der Waals surface area contributed by atoms with Crippen molar-refractivity contribution in [2.45, 2.75) is 19.4 Å². The van der Waals surface area contributed by atoms with Crippen molar-refractivity contribution in [1.82, 2.24) is 4.57 Å². The van der Waals surface area contributed by atoms with E-state index in [-0.39, 0.29) is 5.56 Å². The van der Waals surface area contributed by atoms with Gasteiger partial charge in [0.25, 0.3) is 5.56 Å². The number of aliphatic carboxylic acids is 1. The Kier molecular flexibility index (Phi) is 3.39. The second-order valence-corrected chi connectivity index (χ2v) is 4.46. The van der Waals surface area contributed by atoms with Gasteiger partial charge in [0.1, 0.15) is 6.04 Å². The SMILES string of the molecule is CC[C@H](C(=O)O)n1ccc2ccc(Cl)cc2c1=O. The zero-order chi connectivity index (χ0) is 13.3. The molecular weight excluding hydrogens is 254 g/mol. The summed E-state index contributed by atoms with van der Waals surface area (Å²) in [5.41, 5.74) is -0.329. The van der Waals surface area contributed by atoms with E-state index in [1.54, 1.807) is 31.2 Å². The summed E-state index contributed by atoms with van der Waals surface area (Å²) in [6.45, 7) is 1.73. The van der Waals surface area contributed by atoms with Crippen LogP contribution >= 0.6 is 11.6 Å². The van der Waals surface area contributed by atoms with Crippen molar-refractivity contribution in [2.75, 3.05) is 0 Å². The van der Waals surface area contributed by atoms with Crippen LogP contribution in [0.3, 0.4) is 0 Å². The molecule has 0 aliphatic carbocycles. The summed E-state index contributed by atoms with van der Waals surface area (Å²) in [7, 11) is 0. The Labute approximate surface area is 108 Å². The molecule has 2 rings (SSSR count). The topological polar surface area (TPSA) is 59.3 Å². The number of benzene rings is 1. The van der Waals surface area contributed by atoms with Gasteiger partial charge in [-0.3, -0.25) is 4.79 Å². The maximum absolute atomic E-state index is 12.2. The first-order valence-corrected chi connectivity index (χ1v) is 5.95. The number of fused-ring (bicyclic) bond motifs is 1. The minimum Gasteiger partial charge on any atom is -0.480 e. The molecule has 0 saturated heterocycles. The zero-order valence-electron chi connectivity index (χ0n) is 9.76. The van der Waals surface area contributed by atoms with Crippen LogP contribution in [-0.2, 0) is 4.79 Å². The summed E-state index contributed by atoms with van der Waals surface area (Å²) in [5, 5.41) is 10.7. The fourth-order valence-electron chi connectivity index (χ4n) is 1.96. The largest absolute Gasteiger partial charge is 0.480 e. The number of pyridine rings is 1. The first-order valence-electron chi connectivity index (χ1n) is 5.57. The molecule has 4 nitrogen and oxygen atoms in total. The molecule has 1 aromatic carbocycles. The van der Waals surface area contributed by atoms with Gasteiger partial charge in [-0.1, -0.05) is 24.6 Å². The molecule has 1 heterocycles. The van der Waals surface area contributed by atoms with Crippen molar-refractivity contribution >= 4 is 28.3 Å². The third-order valence-corrected chi connectivity index (χ3v) is 3.14. The molecule has 0 aliphatic rings. The Bertz CT molecular complexity index is 663. The van der Waals surface area contributed by atoms with Crippen molar-refractivity contribution in [3.8, 4) is 0 Å². The zero-order valence-corrected chi connectivity index (χ0v) is 10.5. The molecule has 0 fully saturated rings. The normalized spacial score (nSPS) is 12.6. The quantitative estimate of drug-likeness (QED) is 0.928. The van der Waals surface area contributed by atoms with Crippen LogP contribution in [0.1, 0.15) is 19.4 Å². The molecule has 1 aromatic heterocycles. The number of carboxylic acid groups (broad SMARTS) is 1. The van der Waals surface area contributed by atoms with Crippen LogP contribution in [0, 0.1) is 0 Å². The summed E-state index contributed by atoms with van der Waals surface area (Å²) in [5.74, 6) is -1.01. The summed E-state index contributed by atoms with van der Waals surface area (Å²) < 4.78 is 1.24. The van der Waals surface area contributed by atoms with Crippen LogP contribution in [0.4, 0.5) is 0 Å². The predicted octanol–water partition coefficient (Wildman–Crippen LogP) is 2.69. The average molecular weight is 266 g/mol. The van der Waals surface area contributed by atoms with Crippen molar-refractivity contribution < 1.29 is 9.90 Å². The van der Waals surface area contributed by atoms with E-state index >= 15 is 0 Å².